The number of nitrogens with one attached hydrogen (secondary N) is 1. The maximum absolute atomic E-state index is 11.9. The Bertz CT molecular complexity index is 191. The molecule has 64 valence electrons. The van der Waals surface area contributed by atoms with E-state index in [1.807, 2.05) is 5.32 Å². The van der Waals surface area contributed by atoms with Crippen molar-refractivity contribution in [1.82, 2.24) is 5.32 Å². The number of amides is 1. The molecule has 11 heavy (non-hydrogen) atoms. The number of hydrogen-bond acceptors (Lipinski definition) is 2. The number of halogens is 3. The van der Waals surface area contributed by atoms with Gasteiger partial charge in [0.05, 0.1) is 0 Å². The van der Waals surface area contributed by atoms with Gasteiger partial charge in [-0.05, 0) is 0 Å². The van der Waals surface area contributed by atoms with E-state index < -0.39 is 24.1 Å². The predicted octanol–water partition coefficient (Wildman–Crippen LogP) is -0.200. The van der Waals surface area contributed by atoms with Crippen molar-refractivity contribution in [2.45, 2.75) is 18.2 Å². The Labute approximate surface area is 60.2 Å². The lowest BCUT2D eigenvalue weighted by Crippen LogP contribution is -2.50. The van der Waals surface area contributed by atoms with Crippen molar-refractivity contribution < 1.29 is 23.1 Å². The average Bonchev–Trinajstić information content (AvgIpc) is 2.12. The maximum Gasteiger partial charge on any atom is 0.426 e. The highest BCUT2D eigenvalue weighted by molar-refractivity contribution is 5.87. The zero-order valence-corrected chi connectivity index (χ0v) is 5.40. The van der Waals surface area contributed by atoms with Crippen molar-refractivity contribution in [2.75, 3.05) is 6.54 Å². The van der Waals surface area contributed by atoms with E-state index in [9.17, 15) is 18.0 Å². The van der Waals surface area contributed by atoms with Crippen LogP contribution in [0.15, 0.2) is 0 Å². The van der Waals surface area contributed by atoms with Gasteiger partial charge in [-0.1, -0.05) is 0 Å². The van der Waals surface area contributed by atoms with E-state index in [-0.39, 0.29) is 6.54 Å². The molecule has 1 fully saturated rings. The van der Waals surface area contributed by atoms with E-state index in [1.165, 1.54) is 0 Å². The van der Waals surface area contributed by atoms with Gasteiger partial charge in [-0.25, -0.2) is 0 Å². The third-order valence-corrected chi connectivity index (χ3v) is 1.62. The van der Waals surface area contributed by atoms with Gasteiger partial charge < -0.3 is 10.4 Å². The van der Waals surface area contributed by atoms with Crippen LogP contribution in [0, 0.1) is 0 Å². The van der Waals surface area contributed by atoms with E-state index in [0.717, 1.165) is 0 Å². The number of rotatable bonds is 0. The van der Waals surface area contributed by atoms with E-state index in [4.69, 9.17) is 5.11 Å². The topological polar surface area (TPSA) is 49.3 Å². The highest BCUT2D eigenvalue weighted by Crippen LogP contribution is 2.35. The largest absolute Gasteiger partial charge is 0.426 e. The number of alkyl halides is 3. The molecule has 3 nitrogen and oxygen atoms in total. The summed E-state index contributed by atoms with van der Waals surface area (Å²) < 4.78 is 35.7. The van der Waals surface area contributed by atoms with E-state index in [0.29, 0.717) is 0 Å². The van der Waals surface area contributed by atoms with Gasteiger partial charge in [-0.3, -0.25) is 4.79 Å². The Hall–Kier alpha value is -0.780. The molecule has 6 heteroatoms. The molecule has 2 N–H and O–H groups in total. The molecule has 0 spiro atoms. The summed E-state index contributed by atoms with van der Waals surface area (Å²) in [5.74, 6) is -1.36. The molecule has 1 heterocycles. The van der Waals surface area contributed by atoms with Crippen LogP contribution in [-0.2, 0) is 4.79 Å². The number of hydrogen-bond donors (Lipinski definition) is 2. The normalized spacial score (nSPS) is 32.2. The number of carbonyl (C=O) groups is 1. The summed E-state index contributed by atoms with van der Waals surface area (Å²) in [4.78, 5) is 10.5. The third-order valence-electron chi connectivity index (χ3n) is 1.62. The van der Waals surface area contributed by atoms with Crippen LogP contribution in [0.5, 0.6) is 0 Å². The second-order valence-electron chi connectivity index (χ2n) is 2.36. The number of aliphatic hydroxyl groups is 1. The lowest BCUT2D eigenvalue weighted by atomic mass is 10.0. The van der Waals surface area contributed by atoms with Gasteiger partial charge in [-0.2, -0.15) is 13.2 Å². The molecular formula is C5H6F3NO2. The van der Waals surface area contributed by atoms with Gasteiger partial charge in [0.2, 0.25) is 5.60 Å². The Morgan fingerprint density at radius 3 is 2.27 bits per heavy atom. The summed E-state index contributed by atoms with van der Waals surface area (Å²) in [6.45, 7) is -0.130. The van der Waals surface area contributed by atoms with Crippen LogP contribution in [0.3, 0.4) is 0 Å². The molecule has 0 saturated carbocycles. The molecule has 1 atom stereocenters. The molecule has 0 aromatic heterocycles. The minimum Gasteiger partial charge on any atom is -0.373 e. The summed E-state index contributed by atoms with van der Waals surface area (Å²) >= 11 is 0. The highest BCUT2D eigenvalue weighted by Gasteiger charge is 2.61. The van der Waals surface area contributed by atoms with Crippen LogP contribution in [-0.4, -0.2) is 29.3 Å². The lowest BCUT2D eigenvalue weighted by molar-refractivity contribution is -0.246. The highest BCUT2D eigenvalue weighted by atomic mass is 19.4. The van der Waals surface area contributed by atoms with Crippen molar-refractivity contribution in [1.29, 1.82) is 0 Å². The van der Waals surface area contributed by atoms with Crippen molar-refractivity contribution in [3.63, 3.8) is 0 Å². The molecule has 0 bridgehead atoms. The van der Waals surface area contributed by atoms with Crippen molar-refractivity contribution in [3.8, 4) is 0 Å². The standard InChI is InChI=1S/C5H6F3NO2/c6-5(7,8)4(11)1-2-9-3(4)10/h11H,1-2H2,(H,9,10). The molecular weight excluding hydrogens is 163 g/mol. The van der Waals surface area contributed by atoms with E-state index in [2.05, 4.69) is 0 Å². The third kappa shape index (κ3) is 1.07. The second-order valence-corrected chi connectivity index (χ2v) is 2.36. The Morgan fingerprint density at radius 1 is 1.55 bits per heavy atom. The molecule has 1 saturated heterocycles. The van der Waals surface area contributed by atoms with Crippen LogP contribution in [0.25, 0.3) is 0 Å². The van der Waals surface area contributed by atoms with Crippen molar-refractivity contribution in [2.24, 2.45) is 0 Å². The first-order chi connectivity index (χ1) is 4.88. The Kier molecular flexibility index (Phi) is 1.59. The van der Waals surface area contributed by atoms with Gasteiger partial charge in [0.15, 0.2) is 0 Å². The maximum atomic E-state index is 11.9. The quantitative estimate of drug-likeness (QED) is 0.527. The van der Waals surface area contributed by atoms with E-state index >= 15 is 0 Å². The summed E-state index contributed by atoms with van der Waals surface area (Å²) in [5.41, 5.74) is -3.16. The predicted molar refractivity (Wildman–Crippen MR) is 28.6 cm³/mol. The SMILES string of the molecule is O=C1NCCC1(O)C(F)(F)F. The zero-order valence-electron chi connectivity index (χ0n) is 5.40. The Morgan fingerprint density at radius 2 is 2.09 bits per heavy atom. The molecule has 0 radical (unpaired) electrons. The molecule has 1 unspecified atom stereocenters. The van der Waals surface area contributed by atoms with Crippen LogP contribution in [0.2, 0.25) is 0 Å². The van der Waals surface area contributed by atoms with Gasteiger partial charge in [0, 0.05) is 13.0 Å². The van der Waals surface area contributed by atoms with E-state index in [1.54, 1.807) is 0 Å². The Balaban J connectivity index is 2.90. The monoisotopic (exact) mass is 169 g/mol. The molecule has 0 aromatic rings. The molecule has 1 aliphatic rings. The summed E-state index contributed by atoms with van der Waals surface area (Å²) in [6, 6.07) is 0. The lowest BCUT2D eigenvalue weighted by Gasteiger charge is -2.21. The smallest absolute Gasteiger partial charge is 0.373 e. The summed E-state index contributed by atoms with van der Waals surface area (Å²) in [7, 11) is 0. The van der Waals surface area contributed by atoms with Gasteiger partial charge in [0.25, 0.3) is 5.91 Å². The fourth-order valence-corrected chi connectivity index (χ4v) is 0.887. The molecule has 0 aromatic carbocycles. The van der Waals surface area contributed by atoms with Crippen molar-refractivity contribution in [3.05, 3.63) is 0 Å². The van der Waals surface area contributed by atoms with Gasteiger partial charge in [-0.15, -0.1) is 0 Å². The first-order valence-corrected chi connectivity index (χ1v) is 2.95. The van der Waals surface area contributed by atoms with Gasteiger partial charge >= 0.3 is 6.18 Å². The van der Waals surface area contributed by atoms with Gasteiger partial charge in [0.1, 0.15) is 0 Å². The zero-order chi connectivity index (χ0) is 8.70. The van der Waals surface area contributed by atoms with Crippen molar-refractivity contribution >= 4 is 5.91 Å². The summed E-state index contributed by atoms with van der Waals surface area (Å²) in [6.07, 6.45) is -5.47. The molecule has 1 aliphatic heterocycles. The van der Waals surface area contributed by atoms with Crippen LogP contribution in [0.4, 0.5) is 13.2 Å². The summed E-state index contributed by atoms with van der Waals surface area (Å²) in [5, 5.41) is 10.7. The first kappa shape index (κ1) is 8.32. The average molecular weight is 169 g/mol. The first-order valence-electron chi connectivity index (χ1n) is 2.95. The molecule has 1 rings (SSSR count). The second kappa shape index (κ2) is 2.10. The molecule has 1 amide bonds. The fraction of sp³-hybridized carbons (Fsp3) is 0.800. The fourth-order valence-electron chi connectivity index (χ4n) is 0.887. The van der Waals surface area contributed by atoms with Crippen LogP contribution >= 0.6 is 0 Å². The molecule has 0 aliphatic carbocycles. The minimum atomic E-state index is -4.87. The minimum absolute atomic E-state index is 0.130. The number of carbonyl (C=O) groups excluding carboxylic acids is 1. The van der Waals surface area contributed by atoms with Crippen LogP contribution < -0.4 is 5.32 Å². The van der Waals surface area contributed by atoms with Crippen LogP contribution in [0.1, 0.15) is 6.42 Å².